The Kier molecular flexibility index (Phi) is 2.82. The summed E-state index contributed by atoms with van der Waals surface area (Å²) >= 11 is 0. The minimum Gasteiger partial charge on any atom is -0.493 e. The van der Waals surface area contributed by atoms with Crippen LogP contribution in [0.2, 0.25) is 0 Å². The first-order valence-electron chi connectivity index (χ1n) is 4.84. The highest BCUT2D eigenvalue weighted by atomic mass is 16.5. The second-order valence-corrected chi connectivity index (χ2v) is 3.48. The number of nitrogens with one attached hydrogen (secondary N) is 1. The van der Waals surface area contributed by atoms with Crippen LogP contribution in [0.15, 0.2) is 30.3 Å². The summed E-state index contributed by atoms with van der Waals surface area (Å²) in [6.45, 7) is 3.09. The van der Waals surface area contributed by atoms with Gasteiger partial charge in [0.25, 0.3) is 0 Å². The van der Waals surface area contributed by atoms with Gasteiger partial charge in [-0.2, -0.15) is 0 Å². The maximum absolute atomic E-state index is 5.65. The summed E-state index contributed by atoms with van der Waals surface area (Å²) in [7, 11) is 0. The van der Waals surface area contributed by atoms with Crippen molar-refractivity contribution in [1.82, 2.24) is 5.32 Å². The molecular weight excluding hydrogens is 162 g/mol. The molecule has 0 saturated carbocycles. The quantitative estimate of drug-likeness (QED) is 0.758. The largest absolute Gasteiger partial charge is 0.493 e. The number of hydrogen-bond acceptors (Lipinski definition) is 2. The maximum Gasteiger partial charge on any atom is 0.119 e. The van der Waals surface area contributed by atoms with E-state index < -0.39 is 0 Å². The summed E-state index contributed by atoms with van der Waals surface area (Å²) in [6, 6.07) is 10.0. The molecule has 2 heteroatoms. The Morgan fingerprint density at radius 1 is 1.31 bits per heavy atom. The Balaban J connectivity index is 1.79. The highest BCUT2D eigenvalue weighted by molar-refractivity contribution is 5.20. The lowest BCUT2D eigenvalue weighted by molar-refractivity contribution is 0.260. The number of benzene rings is 1. The lowest BCUT2D eigenvalue weighted by atomic mass is 10.1. The van der Waals surface area contributed by atoms with E-state index in [2.05, 4.69) is 5.32 Å². The zero-order valence-electron chi connectivity index (χ0n) is 7.70. The second kappa shape index (κ2) is 4.28. The van der Waals surface area contributed by atoms with Crippen LogP contribution in [0.1, 0.15) is 6.42 Å². The minimum absolute atomic E-state index is 0.695. The molecule has 0 radical (unpaired) electrons. The Morgan fingerprint density at radius 3 is 2.85 bits per heavy atom. The molecule has 1 aromatic carbocycles. The van der Waals surface area contributed by atoms with Crippen LogP contribution in [0, 0.1) is 5.92 Å². The third-order valence-electron chi connectivity index (χ3n) is 2.39. The molecule has 2 nitrogen and oxygen atoms in total. The molecule has 1 aliphatic heterocycles. The van der Waals surface area contributed by atoms with Crippen molar-refractivity contribution in [3.8, 4) is 5.75 Å². The fraction of sp³-hybridized carbons (Fsp3) is 0.455. The normalized spacial score (nSPS) is 21.7. The molecule has 1 fully saturated rings. The summed E-state index contributed by atoms with van der Waals surface area (Å²) in [5.74, 6) is 1.68. The van der Waals surface area contributed by atoms with E-state index in [1.807, 2.05) is 30.3 Å². The molecule has 1 aromatic rings. The van der Waals surface area contributed by atoms with Gasteiger partial charge in [0.05, 0.1) is 6.61 Å². The molecule has 0 amide bonds. The lowest BCUT2D eigenvalue weighted by Gasteiger charge is -2.10. The molecule has 0 bridgehead atoms. The average molecular weight is 177 g/mol. The molecule has 1 N–H and O–H groups in total. The highest BCUT2D eigenvalue weighted by Crippen LogP contribution is 2.13. The fourth-order valence-corrected chi connectivity index (χ4v) is 1.59. The van der Waals surface area contributed by atoms with Crippen molar-refractivity contribution in [3.05, 3.63) is 30.3 Å². The molecule has 1 atom stereocenters. The monoisotopic (exact) mass is 177 g/mol. The zero-order chi connectivity index (χ0) is 8.93. The van der Waals surface area contributed by atoms with Crippen LogP contribution < -0.4 is 10.1 Å². The molecular formula is C11H15NO. The van der Waals surface area contributed by atoms with Crippen molar-refractivity contribution in [1.29, 1.82) is 0 Å². The third-order valence-corrected chi connectivity index (χ3v) is 2.39. The lowest BCUT2D eigenvalue weighted by Crippen LogP contribution is -2.15. The number of ether oxygens (including phenoxy) is 1. The van der Waals surface area contributed by atoms with Gasteiger partial charge in [-0.05, 0) is 25.1 Å². The molecule has 2 rings (SSSR count). The van der Waals surface area contributed by atoms with Crippen molar-refractivity contribution >= 4 is 0 Å². The molecule has 13 heavy (non-hydrogen) atoms. The number of hydrogen-bond donors (Lipinski definition) is 1. The Labute approximate surface area is 78.9 Å². The Morgan fingerprint density at radius 2 is 2.15 bits per heavy atom. The SMILES string of the molecule is c1ccc(OC[C@@H]2CCNC2)cc1. The van der Waals surface area contributed by atoms with Crippen molar-refractivity contribution in [2.24, 2.45) is 5.92 Å². The summed E-state index contributed by atoms with van der Waals surface area (Å²) in [5.41, 5.74) is 0. The van der Waals surface area contributed by atoms with E-state index in [1.54, 1.807) is 0 Å². The molecule has 0 aliphatic carbocycles. The first-order chi connectivity index (χ1) is 6.45. The Hall–Kier alpha value is -1.02. The van der Waals surface area contributed by atoms with E-state index in [0.717, 1.165) is 25.4 Å². The van der Waals surface area contributed by atoms with Crippen LogP contribution >= 0.6 is 0 Å². The maximum atomic E-state index is 5.65. The zero-order valence-corrected chi connectivity index (χ0v) is 7.70. The molecule has 1 saturated heterocycles. The second-order valence-electron chi connectivity index (χ2n) is 3.48. The van der Waals surface area contributed by atoms with E-state index in [4.69, 9.17) is 4.74 Å². The average Bonchev–Trinajstić information content (AvgIpc) is 2.69. The van der Waals surface area contributed by atoms with Crippen LogP contribution in [-0.4, -0.2) is 19.7 Å². The van der Waals surface area contributed by atoms with Gasteiger partial charge in [0.1, 0.15) is 5.75 Å². The van der Waals surface area contributed by atoms with Crippen LogP contribution in [0.25, 0.3) is 0 Å². The van der Waals surface area contributed by atoms with Gasteiger partial charge in [-0.3, -0.25) is 0 Å². The predicted octanol–water partition coefficient (Wildman–Crippen LogP) is 1.67. The van der Waals surface area contributed by atoms with Crippen molar-refractivity contribution < 1.29 is 4.74 Å². The standard InChI is InChI=1S/C11H15NO/c1-2-4-11(5-3-1)13-9-10-6-7-12-8-10/h1-5,10,12H,6-9H2/t10-/m1/s1. The molecule has 0 unspecified atom stereocenters. The summed E-state index contributed by atoms with van der Waals surface area (Å²) < 4.78 is 5.65. The van der Waals surface area contributed by atoms with E-state index in [0.29, 0.717) is 5.92 Å². The van der Waals surface area contributed by atoms with E-state index in [-0.39, 0.29) is 0 Å². The van der Waals surface area contributed by atoms with Gasteiger partial charge in [0.2, 0.25) is 0 Å². The third kappa shape index (κ3) is 2.46. The van der Waals surface area contributed by atoms with Gasteiger partial charge >= 0.3 is 0 Å². The minimum atomic E-state index is 0.695. The van der Waals surface area contributed by atoms with E-state index in [9.17, 15) is 0 Å². The van der Waals surface area contributed by atoms with Crippen LogP contribution in [0.5, 0.6) is 5.75 Å². The topological polar surface area (TPSA) is 21.3 Å². The smallest absolute Gasteiger partial charge is 0.119 e. The van der Waals surface area contributed by atoms with Gasteiger partial charge in [-0.25, -0.2) is 0 Å². The molecule has 70 valence electrons. The van der Waals surface area contributed by atoms with E-state index in [1.165, 1.54) is 6.42 Å². The fourth-order valence-electron chi connectivity index (χ4n) is 1.59. The van der Waals surface area contributed by atoms with Gasteiger partial charge < -0.3 is 10.1 Å². The summed E-state index contributed by atoms with van der Waals surface area (Å²) in [5, 5.41) is 3.33. The van der Waals surface area contributed by atoms with Crippen LogP contribution in [0.4, 0.5) is 0 Å². The number of rotatable bonds is 3. The van der Waals surface area contributed by atoms with Crippen LogP contribution in [0.3, 0.4) is 0 Å². The summed E-state index contributed by atoms with van der Waals surface area (Å²) in [6.07, 6.45) is 1.24. The van der Waals surface area contributed by atoms with Crippen molar-refractivity contribution in [3.63, 3.8) is 0 Å². The molecule has 0 aromatic heterocycles. The van der Waals surface area contributed by atoms with Gasteiger partial charge in [0, 0.05) is 12.5 Å². The molecule has 1 heterocycles. The van der Waals surface area contributed by atoms with Crippen molar-refractivity contribution in [2.75, 3.05) is 19.7 Å². The molecule has 0 spiro atoms. The van der Waals surface area contributed by atoms with Gasteiger partial charge in [0.15, 0.2) is 0 Å². The number of para-hydroxylation sites is 1. The highest BCUT2D eigenvalue weighted by Gasteiger charge is 2.14. The summed E-state index contributed by atoms with van der Waals surface area (Å²) in [4.78, 5) is 0. The first-order valence-corrected chi connectivity index (χ1v) is 4.84. The first kappa shape index (κ1) is 8.57. The van der Waals surface area contributed by atoms with Crippen molar-refractivity contribution in [2.45, 2.75) is 6.42 Å². The van der Waals surface area contributed by atoms with Crippen LogP contribution in [-0.2, 0) is 0 Å². The van der Waals surface area contributed by atoms with E-state index >= 15 is 0 Å². The molecule has 1 aliphatic rings. The van der Waals surface area contributed by atoms with Gasteiger partial charge in [-0.1, -0.05) is 18.2 Å². The van der Waals surface area contributed by atoms with Gasteiger partial charge in [-0.15, -0.1) is 0 Å². The predicted molar refractivity (Wildman–Crippen MR) is 52.9 cm³/mol. The Bertz CT molecular complexity index is 242.